The summed E-state index contributed by atoms with van der Waals surface area (Å²) in [6, 6.07) is 14.3. The number of hydrogen-bond acceptors (Lipinski definition) is 15. The Morgan fingerprint density at radius 1 is 0.708 bits per heavy atom. The zero-order valence-electron chi connectivity index (χ0n) is 23.8. The summed E-state index contributed by atoms with van der Waals surface area (Å²) >= 11 is 0. The van der Waals surface area contributed by atoms with E-state index in [2.05, 4.69) is 35.8 Å². The minimum Gasteiger partial charge on any atom is -0.505 e. The van der Waals surface area contributed by atoms with Gasteiger partial charge in [0.2, 0.25) is 11.9 Å². The van der Waals surface area contributed by atoms with Gasteiger partial charge in [-0.05, 0) is 47.9 Å². The minimum absolute atomic E-state index is 0.0297. The number of fused-ring (bicyclic) bond motifs is 1. The van der Waals surface area contributed by atoms with Crippen LogP contribution in [-0.4, -0.2) is 66.1 Å². The number of phenolic OH excluding ortho intramolecular Hbond substituents is 1. The van der Waals surface area contributed by atoms with Crippen LogP contribution >= 0.6 is 0 Å². The third-order valence-corrected chi connectivity index (χ3v) is 8.91. The number of rotatable bonds is 10. The first kappa shape index (κ1) is 34.0. The van der Waals surface area contributed by atoms with E-state index in [0.29, 0.717) is 17.8 Å². The van der Waals surface area contributed by atoms with E-state index in [4.69, 9.17) is 4.74 Å². The van der Waals surface area contributed by atoms with Crippen molar-refractivity contribution in [2.45, 2.75) is 14.7 Å². The lowest BCUT2D eigenvalue weighted by Gasteiger charge is -2.12. The lowest BCUT2D eigenvalue weighted by Crippen LogP contribution is -2.06. The molecule has 250 valence electrons. The Morgan fingerprint density at radius 2 is 1.31 bits per heavy atom. The fraction of sp³-hybridized carbons (Fsp3) is 0.0385. The maximum atomic E-state index is 14.2. The number of nitrogens with zero attached hydrogens (tertiary/aromatic N) is 5. The van der Waals surface area contributed by atoms with Crippen molar-refractivity contribution >= 4 is 75.8 Å². The molecule has 0 aliphatic carbocycles. The number of methoxy groups -OCH3 is 1. The predicted octanol–water partition coefficient (Wildman–Crippen LogP) is 4.52. The molecule has 0 amide bonds. The number of anilines is 4. The Bertz CT molecular complexity index is 2450. The Labute approximate surface area is 270 Å². The lowest BCUT2D eigenvalue weighted by atomic mass is 10.1. The molecule has 0 unspecified atom stereocenters. The van der Waals surface area contributed by atoms with E-state index in [0.717, 1.165) is 13.2 Å². The van der Waals surface area contributed by atoms with Gasteiger partial charge in [0, 0.05) is 22.8 Å². The van der Waals surface area contributed by atoms with E-state index >= 15 is 0 Å². The standard InChI is InChI=1S/C26H20FN7O11S3/c1-45-18-12-19(46(36,37)38)17(11-20(18)47(39,40)41)33-34-22-21(48(42,43)44)10-13-9-15(7-8-16(13)23(22)35)29-26-31-24(27)30-25(32-26)28-14-5-3-2-4-6-14/h2-12,35H,1H3,(H,36,37,38)(H,39,40,41)(H,42,43,44)(H2,28,29,30,31,32). The number of para-hydroxylation sites is 1. The highest BCUT2D eigenvalue weighted by molar-refractivity contribution is 7.86. The van der Waals surface area contributed by atoms with Gasteiger partial charge in [-0.25, -0.2) is 0 Å². The van der Waals surface area contributed by atoms with E-state index in [1.54, 1.807) is 30.3 Å². The Kier molecular flexibility index (Phi) is 8.96. The van der Waals surface area contributed by atoms with Crippen LogP contribution in [0.3, 0.4) is 0 Å². The molecule has 48 heavy (non-hydrogen) atoms. The molecule has 0 atom stereocenters. The van der Waals surface area contributed by atoms with Crippen LogP contribution in [0.15, 0.2) is 91.6 Å². The number of aromatic hydroxyl groups is 1. The summed E-state index contributed by atoms with van der Waals surface area (Å²) in [5.74, 6) is -2.00. The van der Waals surface area contributed by atoms with Gasteiger partial charge in [0.1, 0.15) is 31.8 Å². The molecule has 5 aromatic rings. The van der Waals surface area contributed by atoms with Crippen molar-refractivity contribution in [3.8, 4) is 11.5 Å². The summed E-state index contributed by atoms with van der Waals surface area (Å²) in [7, 11) is -14.5. The number of ether oxygens (including phenoxy) is 1. The molecule has 6 N–H and O–H groups in total. The van der Waals surface area contributed by atoms with Gasteiger partial charge in [0.05, 0.1) is 7.11 Å². The second-order valence-corrected chi connectivity index (χ2v) is 13.6. The van der Waals surface area contributed by atoms with Crippen molar-refractivity contribution in [3.05, 3.63) is 72.8 Å². The quantitative estimate of drug-likeness (QED) is 0.0853. The Morgan fingerprint density at radius 3 is 1.90 bits per heavy atom. The molecule has 0 spiro atoms. The summed E-state index contributed by atoms with van der Waals surface area (Å²) in [5.41, 5.74) is -1.15. The fourth-order valence-corrected chi connectivity index (χ4v) is 6.18. The highest BCUT2D eigenvalue weighted by atomic mass is 32.2. The van der Waals surface area contributed by atoms with Crippen LogP contribution in [0.1, 0.15) is 0 Å². The Balaban J connectivity index is 1.58. The SMILES string of the molecule is COc1cc(S(=O)(=O)O)c(N=Nc2c(S(=O)(=O)O)cc3cc(Nc4nc(F)nc(Nc5ccccc5)n4)ccc3c2O)cc1S(=O)(=O)O. The molecule has 0 bridgehead atoms. The number of nitrogens with one attached hydrogen (secondary N) is 2. The van der Waals surface area contributed by atoms with Gasteiger partial charge in [-0.15, -0.1) is 10.2 Å². The normalized spacial score (nSPS) is 12.4. The van der Waals surface area contributed by atoms with E-state index < -0.39 is 74.0 Å². The molecule has 0 radical (unpaired) electrons. The second kappa shape index (κ2) is 12.7. The highest BCUT2D eigenvalue weighted by Gasteiger charge is 2.27. The number of phenols is 1. The van der Waals surface area contributed by atoms with Crippen molar-refractivity contribution in [1.29, 1.82) is 0 Å². The van der Waals surface area contributed by atoms with Gasteiger partial charge in [-0.2, -0.15) is 44.6 Å². The van der Waals surface area contributed by atoms with Gasteiger partial charge in [-0.1, -0.05) is 18.2 Å². The molecule has 4 aromatic carbocycles. The maximum absolute atomic E-state index is 14.2. The molecule has 5 rings (SSSR count). The van der Waals surface area contributed by atoms with Gasteiger partial charge in [0.25, 0.3) is 30.4 Å². The Hall–Kier alpha value is -5.39. The first-order valence-corrected chi connectivity index (χ1v) is 17.1. The van der Waals surface area contributed by atoms with Crippen LogP contribution in [0, 0.1) is 6.08 Å². The van der Waals surface area contributed by atoms with Crippen molar-refractivity contribution in [1.82, 2.24) is 15.0 Å². The van der Waals surface area contributed by atoms with Crippen LogP contribution in [-0.2, 0) is 30.4 Å². The number of azo groups is 1. The van der Waals surface area contributed by atoms with E-state index in [9.17, 15) is 48.4 Å². The molecule has 18 nitrogen and oxygen atoms in total. The first-order chi connectivity index (χ1) is 22.4. The fourth-order valence-electron chi connectivity index (χ4n) is 4.24. The van der Waals surface area contributed by atoms with Gasteiger partial charge in [-0.3, -0.25) is 13.7 Å². The van der Waals surface area contributed by atoms with Crippen LogP contribution in [0.5, 0.6) is 11.5 Å². The first-order valence-electron chi connectivity index (χ1n) is 12.8. The van der Waals surface area contributed by atoms with Crippen LogP contribution in [0.25, 0.3) is 10.8 Å². The van der Waals surface area contributed by atoms with E-state index in [1.807, 2.05) is 0 Å². The van der Waals surface area contributed by atoms with Crippen molar-refractivity contribution in [2.75, 3.05) is 17.7 Å². The molecule has 0 saturated carbocycles. The van der Waals surface area contributed by atoms with E-state index in [1.165, 1.54) is 18.2 Å². The number of aromatic nitrogens is 3. The number of benzene rings is 4. The lowest BCUT2D eigenvalue weighted by molar-refractivity contribution is 0.395. The van der Waals surface area contributed by atoms with E-state index in [-0.39, 0.29) is 28.4 Å². The van der Waals surface area contributed by atoms with Crippen molar-refractivity contribution < 1.29 is 53.1 Å². The molecular formula is C26H20FN7O11S3. The topological polar surface area (TPSA) is 280 Å². The number of halogens is 1. The zero-order valence-corrected chi connectivity index (χ0v) is 26.3. The summed E-state index contributed by atoms with van der Waals surface area (Å²) in [5, 5.41) is 23.4. The summed E-state index contributed by atoms with van der Waals surface area (Å²) in [4.78, 5) is 8.14. The molecule has 1 heterocycles. The minimum atomic E-state index is -5.19. The predicted molar refractivity (Wildman–Crippen MR) is 165 cm³/mol. The molecule has 22 heteroatoms. The van der Waals surface area contributed by atoms with Crippen molar-refractivity contribution in [2.24, 2.45) is 10.2 Å². The highest BCUT2D eigenvalue weighted by Crippen LogP contribution is 2.43. The van der Waals surface area contributed by atoms with Gasteiger partial charge >= 0.3 is 6.08 Å². The number of hydrogen-bond donors (Lipinski definition) is 6. The molecule has 0 saturated heterocycles. The molecule has 1 aromatic heterocycles. The van der Waals surface area contributed by atoms with Crippen LogP contribution in [0.4, 0.5) is 39.0 Å². The van der Waals surface area contributed by atoms with Crippen LogP contribution < -0.4 is 15.4 Å². The van der Waals surface area contributed by atoms with Gasteiger partial charge in [0.15, 0.2) is 5.75 Å². The molecule has 0 fully saturated rings. The molecule has 0 aliphatic rings. The zero-order chi connectivity index (χ0) is 35.0. The summed E-state index contributed by atoms with van der Waals surface area (Å²) in [6.45, 7) is 0. The monoisotopic (exact) mass is 721 g/mol. The molecular weight excluding hydrogens is 702 g/mol. The van der Waals surface area contributed by atoms with Gasteiger partial charge < -0.3 is 20.5 Å². The largest absolute Gasteiger partial charge is 0.505 e. The van der Waals surface area contributed by atoms with Crippen LogP contribution in [0.2, 0.25) is 0 Å². The second-order valence-electron chi connectivity index (χ2n) is 9.47. The summed E-state index contributed by atoms with van der Waals surface area (Å²) in [6.07, 6.45) is -1.13. The third-order valence-electron chi connectivity index (χ3n) is 6.28. The summed E-state index contributed by atoms with van der Waals surface area (Å²) < 4.78 is 120. The third kappa shape index (κ3) is 7.43. The molecule has 0 aliphatic heterocycles. The average molecular weight is 722 g/mol. The smallest absolute Gasteiger partial charge is 0.315 e. The maximum Gasteiger partial charge on any atom is 0.315 e. The average Bonchev–Trinajstić information content (AvgIpc) is 2.99. The van der Waals surface area contributed by atoms with Crippen molar-refractivity contribution in [3.63, 3.8) is 0 Å².